The Hall–Kier alpha value is -1.24. The molecule has 0 aromatic heterocycles. The molecule has 0 aromatic carbocycles. The van der Waals surface area contributed by atoms with E-state index in [1.165, 1.54) is 13.8 Å². The minimum Gasteiger partial charge on any atom is -0.385 e. The van der Waals surface area contributed by atoms with E-state index in [9.17, 15) is 18.4 Å². The van der Waals surface area contributed by atoms with Crippen molar-refractivity contribution in [1.29, 1.82) is 0 Å². The Labute approximate surface area is 85.8 Å². The van der Waals surface area contributed by atoms with Crippen LogP contribution in [0.25, 0.3) is 0 Å². The van der Waals surface area contributed by atoms with Crippen LogP contribution in [0.5, 0.6) is 0 Å². The van der Waals surface area contributed by atoms with Crippen molar-refractivity contribution >= 4 is 11.8 Å². The van der Waals surface area contributed by atoms with Gasteiger partial charge in [-0.05, 0) is 6.92 Å². The van der Waals surface area contributed by atoms with Gasteiger partial charge in [0.15, 0.2) is 0 Å². The molecule has 0 aliphatic carbocycles. The van der Waals surface area contributed by atoms with Gasteiger partial charge in [0.1, 0.15) is 12.1 Å². The van der Waals surface area contributed by atoms with Gasteiger partial charge in [-0.15, -0.1) is 0 Å². The van der Waals surface area contributed by atoms with Crippen LogP contribution in [0.1, 0.15) is 13.8 Å². The number of aliphatic hydroxyl groups excluding tert-OH is 1. The van der Waals surface area contributed by atoms with Crippen LogP contribution in [0.3, 0.4) is 0 Å². The van der Waals surface area contributed by atoms with Crippen molar-refractivity contribution in [3.05, 3.63) is 0 Å². The molecule has 2 amide bonds. The van der Waals surface area contributed by atoms with Gasteiger partial charge in [-0.25, -0.2) is 8.78 Å². The highest BCUT2D eigenvalue weighted by molar-refractivity contribution is 5.86. The molecule has 0 bridgehead atoms. The Kier molecular flexibility index (Phi) is 5.76. The maximum Gasteiger partial charge on any atom is 0.265 e. The Morgan fingerprint density at radius 2 is 1.93 bits per heavy atom. The first kappa shape index (κ1) is 13.8. The maximum absolute atomic E-state index is 11.8. The Balaban J connectivity index is 3.88. The molecule has 0 rings (SSSR count). The largest absolute Gasteiger partial charge is 0.385 e. The van der Waals surface area contributed by atoms with Gasteiger partial charge >= 0.3 is 0 Å². The molecule has 7 heteroatoms. The molecule has 0 aromatic rings. The molecule has 2 unspecified atom stereocenters. The predicted octanol–water partition coefficient (Wildman–Crippen LogP) is -0.747. The lowest BCUT2D eigenvalue weighted by Gasteiger charge is -2.15. The summed E-state index contributed by atoms with van der Waals surface area (Å²) in [6.07, 6.45) is -4.79. The molecule has 15 heavy (non-hydrogen) atoms. The summed E-state index contributed by atoms with van der Waals surface area (Å²) in [4.78, 5) is 21.7. The highest BCUT2D eigenvalue weighted by Gasteiger charge is 2.19. The molecule has 5 nitrogen and oxygen atoms in total. The highest BCUT2D eigenvalue weighted by Crippen LogP contribution is 1.98. The van der Waals surface area contributed by atoms with Gasteiger partial charge < -0.3 is 15.7 Å². The van der Waals surface area contributed by atoms with E-state index in [-0.39, 0.29) is 0 Å². The average Bonchev–Trinajstić information content (AvgIpc) is 2.12. The average molecular weight is 224 g/mol. The molecule has 0 saturated carbocycles. The van der Waals surface area contributed by atoms with E-state index in [1.54, 1.807) is 0 Å². The Morgan fingerprint density at radius 3 is 2.33 bits per heavy atom. The molecule has 88 valence electrons. The third-order valence-electron chi connectivity index (χ3n) is 1.59. The van der Waals surface area contributed by atoms with Crippen LogP contribution >= 0.6 is 0 Å². The monoisotopic (exact) mass is 224 g/mol. The quantitative estimate of drug-likeness (QED) is 0.575. The van der Waals surface area contributed by atoms with E-state index in [4.69, 9.17) is 5.11 Å². The summed E-state index contributed by atoms with van der Waals surface area (Å²) in [7, 11) is 0. The molecule has 0 radical (unpaired) electrons. The molecule has 3 N–H and O–H groups in total. The number of hydrogen-bond donors (Lipinski definition) is 3. The first-order chi connectivity index (χ1) is 6.84. The Bertz CT molecular complexity index is 236. The zero-order valence-corrected chi connectivity index (χ0v) is 8.46. The molecule has 0 heterocycles. The predicted molar refractivity (Wildman–Crippen MR) is 48.3 cm³/mol. The number of nitrogens with one attached hydrogen (secondary N) is 2. The summed E-state index contributed by atoms with van der Waals surface area (Å²) in [5.41, 5.74) is 0. The number of aliphatic hydroxyl groups is 1. The van der Waals surface area contributed by atoms with Crippen molar-refractivity contribution in [3.8, 4) is 0 Å². The number of alkyl halides is 2. The lowest BCUT2D eigenvalue weighted by Crippen LogP contribution is -2.46. The van der Waals surface area contributed by atoms with Crippen LogP contribution in [-0.4, -0.2) is 42.0 Å². The minimum absolute atomic E-state index is 0.396. The second-order valence-electron chi connectivity index (χ2n) is 3.07. The van der Waals surface area contributed by atoms with Crippen LogP contribution in [0.15, 0.2) is 0 Å². The number of rotatable bonds is 5. The third-order valence-corrected chi connectivity index (χ3v) is 1.59. The summed E-state index contributed by atoms with van der Waals surface area (Å²) in [6, 6.07) is -0.813. The van der Waals surface area contributed by atoms with Gasteiger partial charge in [0.2, 0.25) is 11.8 Å². The van der Waals surface area contributed by atoms with Gasteiger partial charge in [-0.3, -0.25) is 9.59 Å². The van der Waals surface area contributed by atoms with Crippen molar-refractivity contribution in [3.63, 3.8) is 0 Å². The first-order valence-electron chi connectivity index (χ1n) is 4.35. The maximum atomic E-state index is 11.8. The summed E-state index contributed by atoms with van der Waals surface area (Å²) < 4.78 is 23.6. The molecular formula is C8H14F2N2O3. The van der Waals surface area contributed by atoms with E-state index in [1.807, 2.05) is 0 Å². The van der Waals surface area contributed by atoms with E-state index in [0.717, 1.165) is 0 Å². The molecule has 2 atom stereocenters. The van der Waals surface area contributed by atoms with Crippen LogP contribution in [0, 0.1) is 0 Å². The van der Waals surface area contributed by atoms with Crippen LogP contribution in [0.2, 0.25) is 0 Å². The zero-order valence-electron chi connectivity index (χ0n) is 8.46. The van der Waals surface area contributed by atoms with Gasteiger partial charge in [-0.2, -0.15) is 0 Å². The van der Waals surface area contributed by atoms with Crippen LogP contribution in [0.4, 0.5) is 8.78 Å². The third kappa shape index (κ3) is 5.95. The summed E-state index contributed by atoms with van der Waals surface area (Å²) >= 11 is 0. The fraction of sp³-hybridized carbons (Fsp3) is 0.750. The van der Waals surface area contributed by atoms with Crippen molar-refractivity contribution in [1.82, 2.24) is 10.6 Å². The van der Waals surface area contributed by atoms with Gasteiger partial charge in [-0.1, -0.05) is 0 Å². The van der Waals surface area contributed by atoms with Crippen molar-refractivity contribution in [2.75, 3.05) is 6.54 Å². The molecular weight excluding hydrogens is 210 g/mol. The van der Waals surface area contributed by atoms with Crippen molar-refractivity contribution in [2.45, 2.75) is 32.4 Å². The molecule has 0 aliphatic heterocycles. The number of carbonyl (C=O) groups is 2. The molecule has 0 fully saturated rings. The summed E-state index contributed by atoms with van der Waals surface area (Å²) in [6.45, 7) is 2.10. The van der Waals surface area contributed by atoms with E-state index < -0.39 is 36.9 Å². The van der Waals surface area contributed by atoms with E-state index in [0.29, 0.717) is 0 Å². The SMILES string of the molecule is CC(=O)NC(C)C(=O)NCC(O)C(F)F. The van der Waals surface area contributed by atoms with Crippen molar-refractivity contribution in [2.24, 2.45) is 0 Å². The highest BCUT2D eigenvalue weighted by atomic mass is 19.3. The molecule has 0 saturated heterocycles. The minimum atomic E-state index is -2.90. The smallest absolute Gasteiger partial charge is 0.265 e. The summed E-state index contributed by atoms with van der Waals surface area (Å²) in [5.74, 6) is -1.02. The van der Waals surface area contributed by atoms with Gasteiger partial charge in [0.25, 0.3) is 6.43 Å². The molecule has 0 aliphatic rings. The standard InChI is InChI=1S/C8H14F2N2O3/c1-4(12-5(2)13)8(15)11-3-6(14)7(9)10/h4,6-7,14H,3H2,1-2H3,(H,11,15)(H,12,13). The lowest BCUT2D eigenvalue weighted by molar-refractivity contribution is -0.128. The fourth-order valence-corrected chi connectivity index (χ4v) is 0.818. The first-order valence-corrected chi connectivity index (χ1v) is 4.35. The van der Waals surface area contributed by atoms with Crippen molar-refractivity contribution < 1.29 is 23.5 Å². The zero-order chi connectivity index (χ0) is 12.0. The fourth-order valence-electron chi connectivity index (χ4n) is 0.818. The van der Waals surface area contributed by atoms with E-state index >= 15 is 0 Å². The van der Waals surface area contributed by atoms with Crippen LogP contribution < -0.4 is 10.6 Å². The van der Waals surface area contributed by atoms with Crippen LogP contribution in [-0.2, 0) is 9.59 Å². The van der Waals surface area contributed by atoms with E-state index in [2.05, 4.69) is 10.6 Å². The number of hydrogen-bond acceptors (Lipinski definition) is 3. The number of amides is 2. The number of halogens is 2. The normalized spacial score (nSPS) is 14.5. The topological polar surface area (TPSA) is 78.4 Å². The molecule has 0 spiro atoms. The Morgan fingerprint density at radius 1 is 1.40 bits per heavy atom. The van der Waals surface area contributed by atoms with Gasteiger partial charge in [0.05, 0.1) is 0 Å². The second-order valence-corrected chi connectivity index (χ2v) is 3.07. The van der Waals surface area contributed by atoms with Gasteiger partial charge in [0, 0.05) is 13.5 Å². The number of carbonyl (C=O) groups excluding carboxylic acids is 2. The second kappa shape index (κ2) is 6.28. The summed E-state index contributed by atoms with van der Waals surface area (Å²) in [5, 5.41) is 13.0. The lowest BCUT2D eigenvalue weighted by atomic mass is 10.3.